The molecule has 132 valence electrons. The summed E-state index contributed by atoms with van der Waals surface area (Å²) in [7, 11) is 1.29. The van der Waals surface area contributed by atoms with E-state index in [0.29, 0.717) is 6.42 Å². The number of methoxy groups -OCH3 is 1. The molecule has 0 saturated carbocycles. The Bertz CT molecular complexity index is 636. The van der Waals surface area contributed by atoms with E-state index >= 15 is 0 Å². The highest BCUT2D eigenvalue weighted by molar-refractivity contribution is 5.97. The quantitative estimate of drug-likeness (QED) is 0.582. The van der Waals surface area contributed by atoms with Gasteiger partial charge in [-0.25, -0.2) is 4.79 Å². The molecule has 0 bridgehead atoms. The largest absolute Gasteiger partial charge is 0.490 e. The van der Waals surface area contributed by atoms with Gasteiger partial charge in [-0.1, -0.05) is 20.8 Å². The molecule has 1 aromatic carbocycles. The van der Waals surface area contributed by atoms with Crippen LogP contribution in [0.1, 0.15) is 44.0 Å². The van der Waals surface area contributed by atoms with Gasteiger partial charge in [-0.15, -0.1) is 0 Å². The molecular weight excluding hydrogens is 316 g/mol. The van der Waals surface area contributed by atoms with E-state index in [1.54, 1.807) is 0 Å². The summed E-state index contributed by atoms with van der Waals surface area (Å²) in [6, 6.07) is 2.66. The van der Waals surface area contributed by atoms with Crippen LogP contribution in [0, 0.1) is 15.5 Å². The van der Waals surface area contributed by atoms with Crippen molar-refractivity contribution in [1.29, 1.82) is 0 Å². The fraction of sp³-hybridized carbons (Fsp3) is 0.500. The SMILES string of the molecule is COc1ccc(C(=O)NC(CCC(C)(C)C)C(=O)O)cc1[N+](=O)[O-]. The average molecular weight is 338 g/mol. The molecule has 24 heavy (non-hydrogen) atoms. The van der Waals surface area contributed by atoms with Crippen LogP contribution in [0.5, 0.6) is 5.75 Å². The van der Waals surface area contributed by atoms with Crippen LogP contribution in [0.3, 0.4) is 0 Å². The van der Waals surface area contributed by atoms with Crippen LogP contribution >= 0.6 is 0 Å². The van der Waals surface area contributed by atoms with E-state index in [1.165, 1.54) is 19.2 Å². The number of nitrogens with one attached hydrogen (secondary N) is 1. The molecule has 0 spiro atoms. The maximum absolute atomic E-state index is 12.2. The number of nitrogens with zero attached hydrogens (tertiary/aromatic N) is 1. The van der Waals surface area contributed by atoms with Crippen LogP contribution in [0.4, 0.5) is 5.69 Å². The van der Waals surface area contributed by atoms with E-state index in [4.69, 9.17) is 4.74 Å². The number of amides is 1. The maximum Gasteiger partial charge on any atom is 0.326 e. The molecule has 0 aliphatic heterocycles. The van der Waals surface area contributed by atoms with Gasteiger partial charge >= 0.3 is 11.7 Å². The molecule has 0 fully saturated rings. The smallest absolute Gasteiger partial charge is 0.326 e. The fourth-order valence-electron chi connectivity index (χ4n) is 2.05. The lowest BCUT2D eigenvalue weighted by Gasteiger charge is -2.21. The Labute approximate surface area is 140 Å². The molecule has 1 unspecified atom stereocenters. The molecule has 1 atom stereocenters. The van der Waals surface area contributed by atoms with Crippen LogP contribution in [0.2, 0.25) is 0 Å². The highest BCUT2D eigenvalue weighted by Gasteiger charge is 2.25. The van der Waals surface area contributed by atoms with Crippen molar-refractivity contribution in [2.45, 2.75) is 39.7 Å². The van der Waals surface area contributed by atoms with Crippen molar-refractivity contribution >= 4 is 17.6 Å². The van der Waals surface area contributed by atoms with Gasteiger partial charge in [0, 0.05) is 11.6 Å². The van der Waals surface area contributed by atoms with Crippen LogP contribution in [-0.4, -0.2) is 35.1 Å². The number of carbonyl (C=O) groups excluding carboxylic acids is 1. The number of nitro groups is 1. The molecule has 0 heterocycles. The van der Waals surface area contributed by atoms with Gasteiger partial charge in [-0.3, -0.25) is 14.9 Å². The Balaban J connectivity index is 2.94. The standard InChI is InChI=1S/C16H22N2O6/c1-16(2,3)8-7-11(15(20)21)17-14(19)10-5-6-13(24-4)12(9-10)18(22)23/h5-6,9,11H,7-8H2,1-4H3,(H,17,19)(H,20,21). The van der Waals surface area contributed by atoms with Crippen molar-refractivity contribution in [3.8, 4) is 5.75 Å². The van der Waals surface area contributed by atoms with Gasteiger partial charge in [0.05, 0.1) is 12.0 Å². The lowest BCUT2D eigenvalue weighted by molar-refractivity contribution is -0.385. The third-order valence-corrected chi connectivity index (χ3v) is 3.42. The summed E-state index contributed by atoms with van der Waals surface area (Å²) in [4.78, 5) is 33.9. The molecule has 0 aliphatic carbocycles. The molecule has 8 nitrogen and oxygen atoms in total. The summed E-state index contributed by atoms with van der Waals surface area (Å²) in [5.41, 5.74) is -0.423. The van der Waals surface area contributed by atoms with Gasteiger partial charge in [0.2, 0.25) is 0 Å². The zero-order valence-corrected chi connectivity index (χ0v) is 14.2. The van der Waals surface area contributed by atoms with Gasteiger partial charge in [0.15, 0.2) is 5.75 Å². The second-order valence-corrected chi connectivity index (χ2v) is 6.61. The molecule has 0 saturated heterocycles. The number of hydrogen-bond acceptors (Lipinski definition) is 5. The summed E-state index contributed by atoms with van der Waals surface area (Å²) >= 11 is 0. The van der Waals surface area contributed by atoms with Crippen molar-refractivity contribution in [3.05, 3.63) is 33.9 Å². The molecule has 1 amide bonds. The van der Waals surface area contributed by atoms with Gasteiger partial charge in [0.25, 0.3) is 5.91 Å². The normalized spacial score (nSPS) is 12.3. The van der Waals surface area contributed by atoms with Crippen molar-refractivity contribution < 1.29 is 24.4 Å². The van der Waals surface area contributed by atoms with Crippen molar-refractivity contribution in [3.63, 3.8) is 0 Å². The Morgan fingerprint density at radius 1 is 1.38 bits per heavy atom. The lowest BCUT2D eigenvalue weighted by Crippen LogP contribution is -2.41. The fourth-order valence-corrected chi connectivity index (χ4v) is 2.05. The van der Waals surface area contributed by atoms with Gasteiger partial charge < -0.3 is 15.2 Å². The Morgan fingerprint density at radius 3 is 2.46 bits per heavy atom. The first-order chi connectivity index (χ1) is 11.0. The summed E-state index contributed by atoms with van der Waals surface area (Å²) < 4.78 is 4.87. The van der Waals surface area contributed by atoms with E-state index < -0.39 is 22.8 Å². The zero-order chi connectivity index (χ0) is 18.5. The molecule has 2 N–H and O–H groups in total. The number of aliphatic carboxylic acids is 1. The van der Waals surface area contributed by atoms with Crippen LogP contribution in [0.25, 0.3) is 0 Å². The summed E-state index contributed by atoms with van der Waals surface area (Å²) in [6.45, 7) is 5.92. The third kappa shape index (κ3) is 5.53. The number of ether oxygens (including phenoxy) is 1. The first-order valence-electron chi connectivity index (χ1n) is 7.41. The number of nitro benzene ring substituents is 1. The molecule has 0 aliphatic rings. The number of carboxylic acid groups (broad SMARTS) is 1. The van der Waals surface area contributed by atoms with Gasteiger partial charge in [-0.05, 0) is 30.4 Å². The molecule has 1 aromatic rings. The third-order valence-electron chi connectivity index (χ3n) is 3.42. The van der Waals surface area contributed by atoms with Crippen LogP contribution in [-0.2, 0) is 4.79 Å². The second-order valence-electron chi connectivity index (χ2n) is 6.61. The number of carbonyl (C=O) groups is 2. The molecular formula is C16H22N2O6. The van der Waals surface area contributed by atoms with Gasteiger partial charge in [-0.2, -0.15) is 0 Å². The number of benzene rings is 1. The number of rotatable bonds is 7. The maximum atomic E-state index is 12.2. The van der Waals surface area contributed by atoms with Crippen LogP contribution < -0.4 is 10.1 Å². The monoisotopic (exact) mass is 338 g/mol. The highest BCUT2D eigenvalue weighted by atomic mass is 16.6. The number of carboxylic acids is 1. The minimum atomic E-state index is -1.14. The molecule has 0 aromatic heterocycles. The van der Waals surface area contributed by atoms with Gasteiger partial charge in [0.1, 0.15) is 6.04 Å². The lowest BCUT2D eigenvalue weighted by atomic mass is 9.88. The van der Waals surface area contributed by atoms with E-state index in [9.17, 15) is 24.8 Å². The first kappa shape index (κ1) is 19.4. The minimum absolute atomic E-state index is 0.00417. The zero-order valence-electron chi connectivity index (χ0n) is 14.2. The van der Waals surface area contributed by atoms with Crippen molar-refractivity contribution in [1.82, 2.24) is 5.32 Å². The highest BCUT2D eigenvalue weighted by Crippen LogP contribution is 2.27. The van der Waals surface area contributed by atoms with E-state index in [-0.39, 0.29) is 28.8 Å². The van der Waals surface area contributed by atoms with E-state index in [2.05, 4.69) is 5.32 Å². The Kier molecular flexibility index (Phi) is 6.27. The van der Waals surface area contributed by atoms with Crippen LogP contribution in [0.15, 0.2) is 18.2 Å². The summed E-state index contributed by atoms with van der Waals surface area (Å²) in [6.07, 6.45) is 0.871. The first-order valence-corrected chi connectivity index (χ1v) is 7.41. The van der Waals surface area contributed by atoms with E-state index in [1.807, 2.05) is 20.8 Å². The van der Waals surface area contributed by atoms with Crippen molar-refractivity contribution in [2.24, 2.45) is 5.41 Å². The summed E-state index contributed by atoms with van der Waals surface area (Å²) in [5.74, 6) is -1.79. The predicted octanol–water partition coefficient (Wildman–Crippen LogP) is 2.61. The van der Waals surface area contributed by atoms with E-state index in [0.717, 1.165) is 6.07 Å². The Hall–Kier alpha value is -2.64. The number of hydrogen-bond donors (Lipinski definition) is 2. The second kappa shape index (κ2) is 7.76. The molecule has 8 heteroatoms. The molecule has 0 radical (unpaired) electrons. The predicted molar refractivity (Wildman–Crippen MR) is 87.2 cm³/mol. The minimum Gasteiger partial charge on any atom is -0.490 e. The average Bonchev–Trinajstić information content (AvgIpc) is 2.49. The molecule has 1 rings (SSSR count). The Morgan fingerprint density at radius 2 is 2.00 bits per heavy atom. The van der Waals surface area contributed by atoms with Crippen molar-refractivity contribution in [2.75, 3.05) is 7.11 Å². The summed E-state index contributed by atoms with van der Waals surface area (Å²) in [5, 5.41) is 22.7. The topological polar surface area (TPSA) is 119 Å².